The van der Waals surface area contributed by atoms with Gasteiger partial charge in [0.2, 0.25) is 0 Å². The number of aromatic nitrogens is 2. The Balaban J connectivity index is 1.99. The molecule has 1 aromatic heterocycles. The van der Waals surface area contributed by atoms with E-state index < -0.39 is 0 Å². The molecule has 0 fully saturated rings. The van der Waals surface area contributed by atoms with Crippen LogP contribution in [0.2, 0.25) is 0 Å². The normalized spacial score (nSPS) is 12.5. The second-order valence-corrected chi connectivity index (χ2v) is 5.96. The Kier molecular flexibility index (Phi) is 6.15. The predicted octanol–water partition coefficient (Wildman–Crippen LogP) is 3.62. The first-order valence-corrected chi connectivity index (χ1v) is 8.24. The fraction of sp³-hybridized carbons (Fsp3) is 0.500. The van der Waals surface area contributed by atoms with Crippen LogP contribution < -0.4 is 5.32 Å². The molecule has 0 saturated heterocycles. The Bertz CT molecular complexity index is 495. The largest absolute Gasteiger partial charge is 0.317 e. The summed E-state index contributed by atoms with van der Waals surface area (Å²) in [6.07, 6.45) is 3.22. The fourth-order valence-electron chi connectivity index (χ4n) is 2.29. The summed E-state index contributed by atoms with van der Waals surface area (Å²) < 4.78 is 0. The molecule has 0 aliphatic carbocycles. The van der Waals surface area contributed by atoms with Crippen LogP contribution in [0, 0.1) is 0 Å². The van der Waals surface area contributed by atoms with E-state index in [4.69, 9.17) is 0 Å². The summed E-state index contributed by atoms with van der Waals surface area (Å²) in [5.74, 6) is 0.385. The van der Waals surface area contributed by atoms with Crippen LogP contribution in [0.1, 0.15) is 48.2 Å². The molecule has 0 bridgehead atoms. The molecule has 0 aliphatic rings. The third-order valence-electron chi connectivity index (χ3n) is 3.38. The first kappa shape index (κ1) is 15.1. The van der Waals surface area contributed by atoms with Gasteiger partial charge in [0.25, 0.3) is 0 Å². The molecule has 2 rings (SSSR count). The van der Waals surface area contributed by atoms with Gasteiger partial charge in [-0.3, -0.25) is 0 Å². The molecule has 2 aromatic rings. The van der Waals surface area contributed by atoms with Crippen molar-refractivity contribution in [3.05, 3.63) is 45.9 Å². The maximum atomic E-state index is 4.41. The molecule has 4 heteroatoms. The van der Waals surface area contributed by atoms with Gasteiger partial charge in [-0.25, -0.2) is 0 Å². The predicted molar refractivity (Wildman–Crippen MR) is 85.3 cm³/mol. The zero-order valence-corrected chi connectivity index (χ0v) is 13.1. The first-order chi connectivity index (χ1) is 9.85. The lowest BCUT2D eigenvalue weighted by molar-refractivity contribution is 0.668. The highest BCUT2D eigenvalue weighted by Gasteiger charge is 2.16. The number of benzene rings is 1. The molecule has 20 heavy (non-hydrogen) atoms. The van der Waals surface area contributed by atoms with Crippen molar-refractivity contribution in [1.29, 1.82) is 0 Å². The molecule has 0 saturated carbocycles. The molecule has 0 spiro atoms. The molecule has 1 unspecified atom stereocenters. The van der Waals surface area contributed by atoms with Gasteiger partial charge in [0.05, 0.1) is 0 Å². The summed E-state index contributed by atoms with van der Waals surface area (Å²) in [4.78, 5) is 0. The molecule has 0 amide bonds. The van der Waals surface area contributed by atoms with Crippen LogP contribution in [0.15, 0.2) is 30.3 Å². The van der Waals surface area contributed by atoms with Crippen LogP contribution in [0.4, 0.5) is 0 Å². The first-order valence-electron chi connectivity index (χ1n) is 7.43. The smallest absolute Gasteiger partial charge is 0.124 e. The third kappa shape index (κ3) is 4.12. The average molecular weight is 289 g/mol. The van der Waals surface area contributed by atoms with Crippen molar-refractivity contribution in [2.45, 2.75) is 39.0 Å². The zero-order chi connectivity index (χ0) is 14.2. The highest BCUT2D eigenvalue weighted by Crippen LogP contribution is 2.30. The summed E-state index contributed by atoms with van der Waals surface area (Å²) in [7, 11) is 0. The van der Waals surface area contributed by atoms with Crippen molar-refractivity contribution < 1.29 is 0 Å². The summed E-state index contributed by atoms with van der Waals surface area (Å²) in [6, 6.07) is 10.6. The van der Waals surface area contributed by atoms with Crippen LogP contribution in [-0.2, 0) is 6.42 Å². The zero-order valence-electron chi connectivity index (χ0n) is 12.3. The lowest BCUT2D eigenvalue weighted by atomic mass is 9.97. The minimum atomic E-state index is 0.385. The van der Waals surface area contributed by atoms with E-state index in [-0.39, 0.29) is 0 Å². The lowest BCUT2D eigenvalue weighted by Gasteiger charge is -2.11. The Morgan fingerprint density at radius 2 is 1.95 bits per heavy atom. The molecule has 3 nitrogen and oxygen atoms in total. The summed E-state index contributed by atoms with van der Waals surface area (Å²) in [5.41, 5.74) is 1.34. The number of hydrogen-bond donors (Lipinski definition) is 1. The highest BCUT2D eigenvalue weighted by atomic mass is 32.1. The Hall–Kier alpha value is -1.26. The van der Waals surface area contributed by atoms with Gasteiger partial charge in [-0.15, -0.1) is 21.5 Å². The van der Waals surface area contributed by atoms with Gasteiger partial charge in [0.15, 0.2) is 0 Å². The van der Waals surface area contributed by atoms with Crippen LogP contribution in [0.3, 0.4) is 0 Å². The molecule has 1 aromatic carbocycles. The lowest BCUT2D eigenvalue weighted by Crippen LogP contribution is -2.14. The van der Waals surface area contributed by atoms with Gasteiger partial charge >= 0.3 is 0 Å². The van der Waals surface area contributed by atoms with Gasteiger partial charge in [0, 0.05) is 12.3 Å². The van der Waals surface area contributed by atoms with Crippen molar-refractivity contribution in [3.8, 4) is 0 Å². The summed E-state index contributed by atoms with van der Waals surface area (Å²) >= 11 is 1.77. The molecule has 108 valence electrons. The SMILES string of the molecule is CCNCCCc1nnc(C(CC)c2ccccc2)s1. The number of nitrogens with one attached hydrogen (secondary N) is 1. The number of aryl methyl sites for hydroxylation is 1. The van der Waals surface area contributed by atoms with Crippen molar-refractivity contribution in [2.75, 3.05) is 13.1 Å². The second-order valence-electron chi connectivity index (χ2n) is 4.86. The molecule has 1 heterocycles. The van der Waals surface area contributed by atoms with Crippen molar-refractivity contribution >= 4 is 11.3 Å². The molecule has 1 atom stereocenters. The van der Waals surface area contributed by atoms with Crippen LogP contribution in [0.5, 0.6) is 0 Å². The second kappa shape index (κ2) is 8.12. The van der Waals surface area contributed by atoms with E-state index >= 15 is 0 Å². The molecule has 1 N–H and O–H groups in total. The Morgan fingerprint density at radius 3 is 2.65 bits per heavy atom. The van der Waals surface area contributed by atoms with E-state index in [0.29, 0.717) is 5.92 Å². The van der Waals surface area contributed by atoms with E-state index in [1.807, 2.05) is 0 Å². The Morgan fingerprint density at radius 1 is 1.15 bits per heavy atom. The van der Waals surface area contributed by atoms with Gasteiger partial charge in [-0.1, -0.05) is 44.2 Å². The van der Waals surface area contributed by atoms with E-state index in [1.165, 1.54) is 5.56 Å². The topological polar surface area (TPSA) is 37.8 Å². The van der Waals surface area contributed by atoms with Gasteiger partial charge in [-0.2, -0.15) is 0 Å². The highest BCUT2D eigenvalue weighted by molar-refractivity contribution is 7.11. The average Bonchev–Trinajstić information content (AvgIpc) is 2.94. The van der Waals surface area contributed by atoms with Crippen molar-refractivity contribution in [3.63, 3.8) is 0 Å². The van der Waals surface area contributed by atoms with E-state index in [0.717, 1.165) is 42.4 Å². The Labute approximate surface area is 125 Å². The van der Waals surface area contributed by atoms with E-state index in [2.05, 4.69) is 59.7 Å². The summed E-state index contributed by atoms with van der Waals surface area (Å²) in [5, 5.41) is 14.4. The minimum absolute atomic E-state index is 0.385. The summed E-state index contributed by atoms with van der Waals surface area (Å²) in [6.45, 7) is 6.44. The molecular formula is C16H23N3S. The van der Waals surface area contributed by atoms with Gasteiger partial charge in [0.1, 0.15) is 10.0 Å². The molecule has 0 radical (unpaired) electrons. The van der Waals surface area contributed by atoms with Crippen LogP contribution in [-0.4, -0.2) is 23.3 Å². The molecular weight excluding hydrogens is 266 g/mol. The number of hydrogen-bond acceptors (Lipinski definition) is 4. The van der Waals surface area contributed by atoms with E-state index in [9.17, 15) is 0 Å². The van der Waals surface area contributed by atoms with Crippen molar-refractivity contribution in [1.82, 2.24) is 15.5 Å². The fourth-order valence-corrected chi connectivity index (χ4v) is 3.38. The van der Waals surface area contributed by atoms with E-state index in [1.54, 1.807) is 11.3 Å². The monoisotopic (exact) mass is 289 g/mol. The molecule has 0 aliphatic heterocycles. The van der Waals surface area contributed by atoms with Gasteiger partial charge < -0.3 is 5.32 Å². The van der Waals surface area contributed by atoms with Crippen LogP contribution in [0.25, 0.3) is 0 Å². The number of nitrogens with zero attached hydrogens (tertiary/aromatic N) is 2. The quantitative estimate of drug-likeness (QED) is 0.754. The number of rotatable bonds is 8. The van der Waals surface area contributed by atoms with Gasteiger partial charge in [-0.05, 0) is 31.5 Å². The third-order valence-corrected chi connectivity index (χ3v) is 4.48. The minimum Gasteiger partial charge on any atom is -0.317 e. The maximum absolute atomic E-state index is 4.41. The van der Waals surface area contributed by atoms with Crippen LogP contribution >= 0.6 is 11.3 Å². The standard InChI is InChI=1S/C16H23N3S/c1-3-14(13-9-6-5-7-10-13)16-19-18-15(20-16)11-8-12-17-4-2/h5-7,9-10,14,17H,3-4,8,11-12H2,1-2H3. The maximum Gasteiger partial charge on any atom is 0.124 e. The van der Waals surface area contributed by atoms with Crippen molar-refractivity contribution in [2.24, 2.45) is 0 Å².